The molecule has 4 rings (SSSR count). The van der Waals surface area contributed by atoms with Gasteiger partial charge in [-0.15, -0.1) is 0 Å². The number of amides is 1. The molecule has 0 aliphatic carbocycles. The molecular weight excluding hydrogens is 387 g/mol. The summed E-state index contributed by atoms with van der Waals surface area (Å²) >= 11 is 0. The van der Waals surface area contributed by atoms with Crippen molar-refractivity contribution in [1.82, 2.24) is 10.4 Å². The first-order valence-corrected chi connectivity index (χ1v) is 11.5. The highest BCUT2D eigenvalue weighted by Crippen LogP contribution is 2.59. The summed E-state index contributed by atoms with van der Waals surface area (Å²) in [5.74, 6) is -0.174. The minimum absolute atomic E-state index is 0.174. The number of rotatable bonds is 4. The van der Waals surface area contributed by atoms with Crippen LogP contribution in [0.2, 0.25) is 0 Å². The number of ether oxygens (including phenoxy) is 2. The molecule has 0 unspecified atom stereocenters. The van der Waals surface area contributed by atoms with Gasteiger partial charge in [-0.2, -0.15) is 5.01 Å². The molecule has 152 valence electrons. The summed E-state index contributed by atoms with van der Waals surface area (Å²) in [6, 6.07) is 19.1. The summed E-state index contributed by atoms with van der Waals surface area (Å²) in [6.45, 7) is 4.40. The maximum absolute atomic E-state index is 14.8. The van der Waals surface area contributed by atoms with Crippen LogP contribution in [0, 0.1) is 5.92 Å². The van der Waals surface area contributed by atoms with E-state index < -0.39 is 19.5 Å². The van der Waals surface area contributed by atoms with E-state index in [9.17, 15) is 9.36 Å². The lowest BCUT2D eigenvalue weighted by Crippen LogP contribution is -2.55. The van der Waals surface area contributed by atoms with Crippen molar-refractivity contribution in [1.29, 1.82) is 0 Å². The SMILES string of the molecule is CCOC(=O)N1NC(C)=C(P(=O)(c2ccccc2)c2ccccc2)[C@H]2CCO[C@H]21. The molecule has 2 aliphatic rings. The number of hydrazine groups is 1. The number of nitrogens with one attached hydrogen (secondary N) is 1. The van der Waals surface area contributed by atoms with Crippen LogP contribution in [-0.2, 0) is 14.0 Å². The number of allylic oxidation sites excluding steroid dienone is 1. The van der Waals surface area contributed by atoms with Crippen LogP contribution in [0.25, 0.3) is 0 Å². The van der Waals surface area contributed by atoms with Gasteiger partial charge < -0.3 is 14.0 Å². The molecule has 2 aromatic carbocycles. The van der Waals surface area contributed by atoms with Crippen molar-refractivity contribution in [2.75, 3.05) is 13.2 Å². The summed E-state index contributed by atoms with van der Waals surface area (Å²) < 4.78 is 25.9. The second-order valence-electron chi connectivity index (χ2n) is 7.13. The zero-order valence-electron chi connectivity index (χ0n) is 16.6. The molecule has 0 spiro atoms. The van der Waals surface area contributed by atoms with Crippen LogP contribution in [0.1, 0.15) is 20.3 Å². The molecule has 2 aromatic rings. The van der Waals surface area contributed by atoms with Crippen molar-refractivity contribution in [3.8, 4) is 0 Å². The second kappa shape index (κ2) is 8.05. The van der Waals surface area contributed by atoms with Crippen molar-refractivity contribution in [3.05, 3.63) is 71.7 Å². The van der Waals surface area contributed by atoms with Crippen molar-refractivity contribution >= 4 is 23.8 Å². The van der Waals surface area contributed by atoms with Gasteiger partial charge in [-0.3, -0.25) is 5.43 Å². The Bertz CT molecular complexity index is 918. The predicted octanol–water partition coefficient (Wildman–Crippen LogP) is 3.57. The van der Waals surface area contributed by atoms with E-state index in [-0.39, 0.29) is 12.5 Å². The van der Waals surface area contributed by atoms with Crippen LogP contribution in [0.3, 0.4) is 0 Å². The summed E-state index contributed by atoms with van der Waals surface area (Å²) in [6.07, 6.45) is -0.343. The highest BCUT2D eigenvalue weighted by molar-refractivity contribution is 7.82. The van der Waals surface area contributed by atoms with Crippen LogP contribution in [0.15, 0.2) is 71.7 Å². The Morgan fingerprint density at radius 3 is 2.28 bits per heavy atom. The molecule has 1 fully saturated rings. The Kier molecular flexibility index (Phi) is 5.48. The Morgan fingerprint density at radius 1 is 1.14 bits per heavy atom. The number of hydrogen-bond acceptors (Lipinski definition) is 5. The molecule has 29 heavy (non-hydrogen) atoms. The van der Waals surface area contributed by atoms with Gasteiger partial charge in [-0.1, -0.05) is 60.7 Å². The first-order chi connectivity index (χ1) is 14.1. The quantitative estimate of drug-likeness (QED) is 0.778. The normalized spacial score (nSPS) is 21.5. The zero-order chi connectivity index (χ0) is 20.4. The number of carbonyl (C=O) groups excluding carboxylic acids is 1. The molecule has 1 amide bonds. The summed E-state index contributed by atoms with van der Waals surface area (Å²) in [5, 5.41) is 3.76. The van der Waals surface area contributed by atoms with E-state index in [4.69, 9.17) is 9.47 Å². The van der Waals surface area contributed by atoms with E-state index in [1.54, 1.807) is 6.92 Å². The lowest BCUT2D eigenvalue weighted by atomic mass is 10.0. The number of carbonyl (C=O) groups is 1. The van der Waals surface area contributed by atoms with Gasteiger partial charge in [-0.25, -0.2) is 4.79 Å². The van der Waals surface area contributed by atoms with Crippen molar-refractivity contribution in [2.45, 2.75) is 26.5 Å². The topological polar surface area (TPSA) is 67.9 Å². The molecule has 0 aromatic heterocycles. The first kappa shape index (κ1) is 19.7. The lowest BCUT2D eigenvalue weighted by Gasteiger charge is -2.40. The van der Waals surface area contributed by atoms with Gasteiger partial charge in [0.25, 0.3) is 0 Å². The smallest absolute Gasteiger partial charge is 0.431 e. The van der Waals surface area contributed by atoms with Gasteiger partial charge in [0, 0.05) is 27.5 Å². The van der Waals surface area contributed by atoms with Gasteiger partial charge in [0.1, 0.15) is 0 Å². The maximum atomic E-state index is 14.8. The van der Waals surface area contributed by atoms with Crippen LogP contribution >= 0.6 is 7.14 Å². The minimum Gasteiger partial charge on any atom is -0.448 e. The molecule has 2 heterocycles. The monoisotopic (exact) mass is 412 g/mol. The van der Waals surface area contributed by atoms with Crippen LogP contribution < -0.4 is 16.0 Å². The molecule has 1 saturated heterocycles. The standard InChI is InChI=1S/C22H25N2O4P/c1-3-27-22(25)24-21-19(14-15-28-21)20(16(2)23-24)29(26,17-10-6-4-7-11-17)18-12-8-5-9-13-18/h4-13,19,21,23H,3,14-15H2,1-2H3/t19-,21-/m1/s1. The maximum Gasteiger partial charge on any atom is 0.431 e. The van der Waals surface area contributed by atoms with Gasteiger partial charge in [0.05, 0.1) is 13.2 Å². The van der Waals surface area contributed by atoms with Crippen LogP contribution in [-0.4, -0.2) is 30.5 Å². The molecule has 7 heteroatoms. The fraction of sp³-hybridized carbons (Fsp3) is 0.318. The Morgan fingerprint density at radius 2 is 1.72 bits per heavy atom. The van der Waals surface area contributed by atoms with Crippen molar-refractivity contribution in [2.24, 2.45) is 5.92 Å². The number of nitrogens with zero attached hydrogens (tertiary/aromatic N) is 1. The minimum atomic E-state index is -3.14. The van der Waals surface area contributed by atoms with E-state index in [0.29, 0.717) is 18.7 Å². The largest absolute Gasteiger partial charge is 0.448 e. The Balaban J connectivity index is 1.88. The molecule has 2 aliphatic heterocycles. The fourth-order valence-electron chi connectivity index (χ4n) is 4.20. The van der Waals surface area contributed by atoms with E-state index in [2.05, 4.69) is 5.43 Å². The van der Waals surface area contributed by atoms with Gasteiger partial charge in [0.15, 0.2) is 13.4 Å². The van der Waals surface area contributed by atoms with Gasteiger partial charge in [-0.05, 0) is 20.3 Å². The van der Waals surface area contributed by atoms with Crippen LogP contribution in [0.4, 0.5) is 4.79 Å². The number of hydrogen-bond donors (Lipinski definition) is 1. The first-order valence-electron chi connectivity index (χ1n) is 9.84. The molecule has 2 atom stereocenters. The van der Waals surface area contributed by atoms with E-state index in [1.165, 1.54) is 5.01 Å². The van der Waals surface area contributed by atoms with E-state index >= 15 is 0 Å². The highest BCUT2D eigenvalue weighted by Gasteiger charge is 2.49. The van der Waals surface area contributed by atoms with E-state index in [1.807, 2.05) is 67.6 Å². The lowest BCUT2D eigenvalue weighted by molar-refractivity contribution is -0.0553. The Hall–Kier alpha value is -2.56. The molecular formula is C22H25N2O4P. The zero-order valence-corrected chi connectivity index (χ0v) is 17.5. The average Bonchev–Trinajstić information content (AvgIpc) is 3.23. The van der Waals surface area contributed by atoms with Crippen molar-refractivity contribution < 1.29 is 18.8 Å². The summed E-state index contributed by atoms with van der Waals surface area (Å²) in [5.41, 5.74) is 3.82. The summed E-state index contributed by atoms with van der Waals surface area (Å²) in [4.78, 5) is 12.5. The molecule has 6 nitrogen and oxygen atoms in total. The molecule has 1 N–H and O–H groups in total. The third kappa shape index (κ3) is 3.37. The highest BCUT2D eigenvalue weighted by atomic mass is 31.2. The van der Waals surface area contributed by atoms with Gasteiger partial charge >= 0.3 is 6.09 Å². The van der Waals surface area contributed by atoms with Crippen molar-refractivity contribution in [3.63, 3.8) is 0 Å². The van der Waals surface area contributed by atoms with E-state index in [0.717, 1.165) is 15.9 Å². The molecule has 0 saturated carbocycles. The molecule has 0 radical (unpaired) electrons. The number of benzene rings is 2. The molecule has 0 bridgehead atoms. The number of fused-ring (bicyclic) bond motifs is 1. The average molecular weight is 412 g/mol. The Labute approximate surface area is 170 Å². The fourth-order valence-corrected chi connectivity index (χ4v) is 7.48. The second-order valence-corrected chi connectivity index (χ2v) is 9.86. The third-order valence-corrected chi connectivity index (χ3v) is 8.78. The summed E-state index contributed by atoms with van der Waals surface area (Å²) in [7, 11) is -3.14. The predicted molar refractivity (Wildman–Crippen MR) is 112 cm³/mol. The third-order valence-electron chi connectivity index (χ3n) is 5.38. The van der Waals surface area contributed by atoms with Gasteiger partial charge in [0.2, 0.25) is 0 Å². The van der Waals surface area contributed by atoms with Crippen LogP contribution in [0.5, 0.6) is 0 Å².